The van der Waals surface area contributed by atoms with Crippen molar-refractivity contribution in [1.29, 1.82) is 0 Å². The van der Waals surface area contributed by atoms with E-state index in [1.54, 1.807) is 0 Å². The summed E-state index contributed by atoms with van der Waals surface area (Å²) >= 11 is 5.83. The number of hydrogen-bond donors (Lipinski definition) is 1. The van der Waals surface area contributed by atoms with Crippen LogP contribution in [0.2, 0.25) is 0 Å². The molecule has 1 fully saturated rings. The third kappa shape index (κ3) is 3.45. The summed E-state index contributed by atoms with van der Waals surface area (Å²) in [5.74, 6) is 0.776. The van der Waals surface area contributed by atoms with Crippen LogP contribution >= 0.6 is 38.5 Å². The first-order valence-corrected chi connectivity index (χ1v) is 7.34. The van der Waals surface area contributed by atoms with Crippen LogP contribution < -0.4 is 5.32 Å². The first-order valence-electron chi connectivity index (χ1n) is 5.34. The van der Waals surface area contributed by atoms with E-state index in [4.69, 9.17) is 0 Å². The molecule has 1 unspecified atom stereocenters. The molecule has 86 valence electrons. The summed E-state index contributed by atoms with van der Waals surface area (Å²) in [5, 5.41) is 2.95. The molecule has 1 saturated carbocycles. The molecule has 1 aromatic carbocycles. The molecule has 4 heteroatoms. The second kappa shape index (κ2) is 5.49. The molecule has 1 aliphatic rings. The van der Waals surface area contributed by atoms with Gasteiger partial charge in [0.05, 0.1) is 0 Å². The predicted molar refractivity (Wildman–Crippen MR) is 76.9 cm³/mol. The Morgan fingerprint density at radius 3 is 2.62 bits per heavy atom. The maximum Gasteiger partial charge on any atom is 0.251 e. The summed E-state index contributed by atoms with van der Waals surface area (Å²) in [6.07, 6.45) is 2.57. The van der Waals surface area contributed by atoms with E-state index in [2.05, 4.69) is 43.8 Å². The molecule has 0 heterocycles. The Bertz CT molecular complexity index is 375. The largest absolute Gasteiger partial charge is 0.351 e. The molecule has 16 heavy (non-hydrogen) atoms. The highest BCUT2D eigenvalue weighted by Crippen LogP contribution is 2.36. The van der Waals surface area contributed by atoms with Crippen LogP contribution in [0.1, 0.15) is 23.2 Å². The number of alkyl halides is 1. The number of halogens is 2. The Kier molecular flexibility index (Phi) is 4.24. The zero-order valence-electron chi connectivity index (χ0n) is 8.75. The molecule has 1 aliphatic carbocycles. The van der Waals surface area contributed by atoms with Gasteiger partial charge in [0.1, 0.15) is 0 Å². The zero-order valence-corrected chi connectivity index (χ0v) is 12.5. The molecular weight excluding hydrogens is 381 g/mol. The van der Waals surface area contributed by atoms with Crippen molar-refractivity contribution in [3.63, 3.8) is 0 Å². The van der Waals surface area contributed by atoms with Gasteiger partial charge in [0.25, 0.3) is 5.91 Å². The van der Waals surface area contributed by atoms with Crippen LogP contribution in [-0.2, 0) is 0 Å². The lowest BCUT2D eigenvalue weighted by atomic mass is 10.2. The number of rotatable bonds is 4. The third-order valence-electron chi connectivity index (χ3n) is 2.70. The number of carbonyl (C=O) groups excluding carboxylic acids is 1. The normalized spacial score (nSPS) is 16.9. The fourth-order valence-corrected chi connectivity index (χ4v) is 2.57. The van der Waals surface area contributed by atoms with Crippen LogP contribution in [0.5, 0.6) is 0 Å². The lowest BCUT2D eigenvalue weighted by Gasteiger charge is -2.09. The molecule has 0 saturated heterocycles. The lowest BCUT2D eigenvalue weighted by molar-refractivity contribution is 0.0953. The number of benzene rings is 1. The van der Waals surface area contributed by atoms with Gasteiger partial charge in [-0.05, 0) is 65.6 Å². The Labute approximate surface area is 117 Å². The molecular formula is C12H13BrINO. The number of amides is 1. The van der Waals surface area contributed by atoms with E-state index in [1.165, 1.54) is 12.8 Å². The first-order chi connectivity index (χ1) is 7.66. The molecule has 1 aromatic rings. The maximum absolute atomic E-state index is 11.8. The van der Waals surface area contributed by atoms with E-state index in [0.717, 1.165) is 21.6 Å². The highest BCUT2D eigenvalue weighted by Gasteiger charge is 2.29. The average Bonchev–Trinajstić information content (AvgIpc) is 3.10. The first kappa shape index (κ1) is 12.4. The predicted octanol–water partition coefficient (Wildman–Crippen LogP) is 3.19. The van der Waals surface area contributed by atoms with Crippen molar-refractivity contribution in [2.75, 3.05) is 6.54 Å². The molecule has 0 aliphatic heterocycles. The minimum absolute atomic E-state index is 0.0153. The van der Waals surface area contributed by atoms with Crippen LogP contribution in [0.25, 0.3) is 0 Å². The van der Waals surface area contributed by atoms with Crippen LogP contribution in [0.15, 0.2) is 24.3 Å². The van der Waals surface area contributed by atoms with Gasteiger partial charge in [-0.15, -0.1) is 0 Å². The summed E-state index contributed by atoms with van der Waals surface area (Å²) in [7, 11) is 0. The quantitative estimate of drug-likeness (QED) is 0.617. The van der Waals surface area contributed by atoms with Gasteiger partial charge in [-0.2, -0.15) is 0 Å². The Morgan fingerprint density at radius 2 is 2.06 bits per heavy atom. The van der Waals surface area contributed by atoms with Crippen LogP contribution in [-0.4, -0.2) is 17.3 Å². The minimum Gasteiger partial charge on any atom is -0.351 e. The lowest BCUT2D eigenvalue weighted by Crippen LogP contribution is -2.30. The average molecular weight is 394 g/mol. The summed E-state index contributed by atoms with van der Waals surface area (Å²) in [5.41, 5.74) is 0.732. The van der Waals surface area contributed by atoms with E-state index in [-0.39, 0.29) is 5.91 Å². The SMILES string of the molecule is O=C(NCC(Br)C1CC1)c1ccc(I)cc1. The van der Waals surface area contributed by atoms with Gasteiger partial charge < -0.3 is 5.32 Å². The van der Waals surface area contributed by atoms with Crippen LogP contribution in [0, 0.1) is 9.49 Å². The van der Waals surface area contributed by atoms with Crippen molar-refractivity contribution in [2.24, 2.45) is 5.92 Å². The molecule has 2 nitrogen and oxygen atoms in total. The smallest absolute Gasteiger partial charge is 0.251 e. The number of carbonyl (C=O) groups is 1. The summed E-state index contributed by atoms with van der Waals surface area (Å²) in [4.78, 5) is 12.2. The molecule has 1 N–H and O–H groups in total. The fraction of sp³-hybridized carbons (Fsp3) is 0.417. The van der Waals surface area contributed by atoms with Crippen molar-refractivity contribution < 1.29 is 4.79 Å². The van der Waals surface area contributed by atoms with E-state index in [0.29, 0.717) is 4.83 Å². The van der Waals surface area contributed by atoms with E-state index in [9.17, 15) is 4.79 Å². The summed E-state index contributed by atoms with van der Waals surface area (Å²) in [6, 6.07) is 7.61. The maximum atomic E-state index is 11.8. The second-order valence-electron chi connectivity index (χ2n) is 4.07. The van der Waals surface area contributed by atoms with Gasteiger partial charge in [0.2, 0.25) is 0 Å². The fourth-order valence-electron chi connectivity index (χ4n) is 1.52. The van der Waals surface area contributed by atoms with E-state index in [1.807, 2.05) is 24.3 Å². The van der Waals surface area contributed by atoms with Crippen LogP contribution in [0.4, 0.5) is 0 Å². The molecule has 0 spiro atoms. The van der Waals surface area contributed by atoms with Gasteiger partial charge in [0.15, 0.2) is 0 Å². The zero-order chi connectivity index (χ0) is 11.5. The number of nitrogens with one attached hydrogen (secondary N) is 1. The van der Waals surface area contributed by atoms with Crippen molar-refractivity contribution in [2.45, 2.75) is 17.7 Å². The Hall–Kier alpha value is -0.100. The highest BCUT2D eigenvalue weighted by atomic mass is 127. The number of hydrogen-bond acceptors (Lipinski definition) is 1. The van der Waals surface area contributed by atoms with Crippen LogP contribution in [0.3, 0.4) is 0 Å². The van der Waals surface area contributed by atoms with Crippen molar-refractivity contribution in [1.82, 2.24) is 5.32 Å². The molecule has 0 bridgehead atoms. The summed E-state index contributed by atoms with van der Waals surface area (Å²) < 4.78 is 1.14. The summed E-state index contributed by atoms with van der Waals surface area (Å²) in [6.45, 7) is 0.718. The van der Waals surface area contributed by atoms with Crippen molar-refractivity contribution in [3.05, 3.63) is 33.4 Å². The van der Waals surface area contributed by atoms with Gasteiger partial charge in [-0.25, -0.2) is 0 Å². The van der Waals surface area contributed by atoms with Crippen molar-refractivity contribution in [3.8, 4) is 0 Å². The van der Waals surface area contributed by atoms with E-state index < -0.39 is 0 Å². The second-order valence-corrected chi connectivity index (χ2v) is 6.49. The molecule has 0 aromatic heterocycles. The van der Waals surface area contributed by atoms with E-state index >= 15 is 0 Å². The Balaban J connectivity index is 1.85. The molecule has 2 rings (SSSR count). The highest BCUT2D eigenvalue weighted by molar-refractivity contribution is 14.1. The Morgan fingerprint density at radius 1 is 1.44 bits per heavy atom. The van der Waals surface area contributed by atoms with Gasteiger partial charge in [0, 0.05) is 20.5 Å². The third-order valence-corrected chi connectivity index (χ3v) is 4.49. The topological polar surface area (TPSA) is 29.1 Å². The van der Waals surface area contributed by atoms with Crippen molar-refractivity contribution >= 4 is 44.4 Å². The van der Waals surface area contributed by atoms with Gasteiger partial charge in [-0.1, -0.05) is 15.9 Å². The standard InChI is InChI=1S/C12H13BrINO/c13-11(8-1-2-8)7-15-12(16)9-3-5-10(14)6-4-9/h3-6,8,11H,1-2,7H2,(H,15,16). The monoisotopic (exact) mass is 393 g/mol. The molecule has 1 amide bonds. The molecule has 1 atom stereocenters. The van der Waals surface area contributed by atoms with Gasteiger partial charge >= 0.3 is 0 Å². The minimum atomic E-state index is 0.0153. The molecule has 0 radical (unpaired) electrons. The van der Waals surface area contributed by atoms with Gasteiger partial charge in [-0.3, -0.25) is 4.79 Å².